The Kier molecular flexibility index (Phi) is 3.79. The maximum Gasteiger partial charge on any atom is 0.150 e. The number of rotatable bonds is 5. The lowest BCUT2D eigenvalue weighted by Crippen LogP contribution is -2.03. The summed E-state index contributed by atoms with van der Waals surface area (Å²) in [6, 6.07) is 8.91. The molecule has 4 nitrogen and oxygen atoms in total. The molecule has 0 spiro atoms. The zero-order chi connectivity index (χ0) is 13.0. The Hall–Kier alpha value is -2.07. The summed E-state index contributed by atoms with van der Waals surface area (Å²) in [4.78, 5) is 11.1. The molecule has 4 heteroatoms. The fourth-order valence-electron chi connectivity index (χ4n) is 1.92. The van der Waals surface area contributed by atoms with Gasteiger partial charge in [-0.3, -0.25) is 4.79 Å². The van der Waals surface area contributed by atoms with E-state index < -0.39 is 0 Å². The average Bonchev–Trinajstić information content (AvgIpc) is 2.43. The van der Waals surface area contributed by atoms with Gasteiger partial charge in [0.05, 0.1) is 13.7 Å². The minimum atomic E-state index is -0.0726. The number of aliphatic hydroxyl groups excluding tert-OH is 1. The number of benzene rings is 2. The first-order valence-electron chi connectivity index (χ1n) is 5.60. The number of aliphatic hydroxyl groups is 1. The van der Waals surface area contributed by atoms with E-state index in [1.165, 1.54) is 0 Å². The normalized spacial score (nSPS) is 10.3. The number of fused-ring (bicyclic) bond motifs is 1. The first-order chi connectivity index (χ1) is 8.81. The van der Waals surface area contributed by atoms with E-state index >= 15 is 0 Å². The topological polar surface area (TPSA) is 55.8 Å². The zero-order valence-corrected chi connectivity index (χ0v) is 10.1. The van der Waals surface area contributed by atoms with Crippen LogP contribution in [0.2, 0.25) is 0 Å². The second-order valence-corrected chi connectivity index (χ2v) is 3.73. The summed E-state index contributed by atoms with van der Waals surface area (Å²) >= 11 is 0. The van der Waals surface area contributed by atoms with Gasteiger partial charge < -0.3 is 14.6 Å². The number of ether oxygens (including phenoxy) is 2. The van der Waals surface area contributed by atoms with Crippen molar-refractivity contribution in [1.82, 2.24) is 0 Å². The highest BCUT2D eigenvalue weighted by Gasteiger charge is 2.11. The van der Waals surface area contributed by atoms with Gasteiger partial charge in [-0.2, -0.15) is 0 Å². The van der Waals surface area contributed by atoms with Crippen LogP contribution in [0.1, 0.15) is 10.4 Å². The molecular formula is C14H14O4. The van der Waals surface area contributed by atoms with E-state index in [0.717, 1.165) is 11.7 Å². The largest absolute Gasteiger partial charge is 0.496 e. The molecule has 0 fully saturated rings. The predicted molar refractivity (Wildman–Crippen MR) is 68.5 cm³/mol. The maximum atomic E-state index is 11.1. The van der Waals surface area contributed by atoms with E-state index in [9.17, 15) is 4.79 Å². The first-order valence-corrected chi connectivity index (χ1v) is 5.60. The van der Waals surface area contributed by atoms with E-state index in [1.807, 2.05) is 12.1 Å². The van der Waals surface area contributed by atoms with Crippen molar-refractivity contribution in [2.24, 2.45) is 0 Å². The second-order valence-electron chi connectivity index (χ2n) is 3.73. The third kappa shape index (κ3) is 2.15. The monoisotopic (exact) mass is 246 g/mol. The van der Waals surface area contributed by atoms with Gasteiger partial charge in [0.2, 0.25) is 0 Å². The highest BCUT2D eigenvalue weighted by atomic mass is 16.5. The van der Waals surface area contributed by atoms with Gasteiger partial charge in [0.25, 0.3) is 0 Å². The summed E-state index contributed by atoms with van der Waals surface area (Å²) in [6.07, 6.45) is 0.785. The van der Waals surface area contributed by atoms with Gasteiger partial charge in [-0.05, 0) is 18.2 Å². The van der Waals surface area contributed by atoms with Crippen LogP contribution in [0.3, 0.4) is 0 Å². The molecule has 2 aromatic carbocycles. The van der Waals surface area contributed by atoms with Crippen molar-refractivity contribution in [1.29, 1.82) is 0 Å². The zero-order valence-electron chi connectivity index (χ0n) is 10.1. The van der Waals surface area contributed by atoms with Crippen LogP contribution < -0.4 is 9.47 Å². The molecule has 0 saturated carbocycles. The van der Waals surface area contributed by atoms with E-state index in [0.29, 0.717) is 22.4 Å². The van der Waals surface area contributed by atoms with E-state index in [-0.39, 0.29) is 13.2 Å². The van der Waals surface area contributed by atoms with Crippen molar-refractivity contribution >= 4 is 17.1 Å². The minimum Gasteiger partial charge on any atom is -0.496 e. The van der Waals surface area contributed by atoms with Crippen LogP contribution in [0.25, 0.3) is 10.8 Å². The van der Waals surface area contributed by atoms with E-state index in [4.69, 9.17) is 14.6 Å². The number of methoxy groups -OCH3 is 1. The molecule has 18 heavy (non-hydrogen) atoms. The third-order valence-corrected chi connectivity index (χ3v) is 2.69. The Bertz CT molecular complexity index is 563. The lowest BCUT2D eigenvalue weighted by molar-refractivity contribution is 0.112. The van der Waals surface area contributed by atoms with Gasteiger partial charge in [-0.25, -0.2) is 0 Å². The van der Waals surface area contributed by atoms with Crippen molar-refractivity contribution in [2.75, 3.05) is 20.3 Å². The third-order valence-electron chi connectivity index (χ3n) is 2.69. The van der Waals surface area contributed by atoms with Crippen LogP contribution in [0.15, 0.2) is 30.3 Å². The first kappa shape index (κ1) is 12.4. The molecule has 0 heterocycles. The minimum absolute atomic E-state index is 0.0726. The molecule has 94 valence electrons. The standard InChI is InChI=1S/C14H14O4/c1-17-12-6-5-10(9-16)14-11(12)3-2-4-13(14)18-8-7-15/h2-6,9,15H,7-8H2,1H3. The fourth-order valence-corrected chi connectivity index (χ4v) is 1.92. The molecule has 0 aromatic heterocycles. The fraction of sp³-hybridized carbons (Fsp3) is 0.214. The predicted octanol–water partition coefficient (Wildman–Crippen LogP) is 2.03. The molecule has 0 aliphatic rings. The van der Waals surface area contributed by atoms with Crippen LogP contribution in [0.4, 0.5) is 0 Å². The van der Waals surface area contributed by atoms with Crippen LogP contribution in [0.5, 0.6) is 11.5 Å². The van der Waals surface area contributed by atoms with Gasteiger partial charge in [-0.1, -0.05) is 12.1 Å². The number of carbonyl (C=O) groups excluding carboxylic acids is 1. The van der Waals surface area contributed by atoms with Gasteiger partial charge in [0.1, 0.15) is 18.1 Å². The molecule has 0 aliphatic heterocycles. The summed E-state index contributed by atoms with van der Waals surface area (Å²) in [7, 11) is 1.58. The molecule has 0 aliphatic carbocycles. The Labute approximate surface area is 105 Å². The quantitative estimate of drug-likeness (QED) is 0.820. The number of hydrogen-bond donors (Lipinski definition) is 1. The van der Waals surface area contributed by atoms with Crippen LogP contribution in [0, 0.1) is 0 Å². The van der Waals surface area contributed by atoms with Crippen LogP contribution in [-0.2, 0) is 0 Å². The van der Waals surface area contributed by atoms with Crippen molar-refractivity contribution < 1.29 is 19.4 Å². The van der Waals surface area contributed by atoms with E-state index in [2.05, 4.69) is 0 Å². The Morgan fingerprint density at radius 1 is 1.22 bits per heavy atom. The summed E-state index contributed by atoms with van der Waals surface area (Å²) in [5.41, 5.74) is 0.541. The van der Waals surface area contributed by atoms with Gasteiger partial charge >= 0.3 is 0 Å². The van der Waals surface area contributed by atoms with Crippen molar-refractivity contribution in [3.05, 3.63) is 35.9 Å². The molecule has 2 rings (SSSR count). The van der Waals surface area contributed by atoms with Crippen LogP contribution >= 0.6 is 0 Å². The van der Waals surface area contributed by atoms with Crippen LogP contribution in [-0.4, -0.2) is 31.7 Å². The summed E-state index contributed by atoms with van der Waals surface area (Å²) in [5.74, 6) is 1.26. The van der Waals surface area contributed by atoms with Crippen molar-refractivity contribution in [3.63, 3.8) is 0 Å². The molecule has 0 unspecified atom stereocenters. The summed E-state index contributed by atoms with van der Waals surface area (Å²) in [6.45, 7) is 0.116. The number of hydrogen-bond acceptors (Lipinski definition) is 4. The molecular weight excluding hydrogens is 232 g/mol. The Balaban J connectivity index is 2.67. The molecule has 0 amide bonds. The highest BCUT2D eigenvalue weighted by Crippen LogP contribution is 2.34. The number of carbonyl (C=O) groups is 1. The summed E-state index contributed by atoms with van der Waals surface area (Å²) < 4.78 is 10.7. The lowest BCUT2D eigenvalue weighted by atomic mass is 10.0. The highest BCUT2D eigenvalue weighted by molar-refractivity contribution is 6.04. The Morgan fingerprint density at radius 3 is 2.72 bits per heavy atom. The molecule has 2 aromatic rings. The molecule has 0 radical (unpaired) electrons. The van der Waals surface area contributed by atoms with Crippen molar-refractivity contribution in [3.8, 4) is 11.5 Å². The SMILES string of the molecule is COc1ccc(C=O)c2c(OCCO)cccc12. The lowest BCUT2D eigenvalue weighted by Gasteiger charge is -2.12. The smallest absolute Gasteiger partial charge is 0.150 e. The molecule has 0 saturated heterocycles. The van der Waals surface area contributed by atoms with Gasteiger partial charge in [0, 0.05) is 16.3 Å². The Morgan fingerprint density at radius 2 is 2.06 bits per heavy atom. The molecule has 0 bridgehead atoms. The molecule has 0 atom stereocenters. The van der Waals surface area contributed by atoms with Gasteiger partial charge in [-0.15, -0.1) is 0 Å². The van der Waals surface area contributed by atoms with Gasteiger partial charge in [0.15, 0.2) is 6.29 Å². The summed E-state index contributed by atoms with van der Waals surface area (Å²) in [5, 5.41) is 10.3. The molecule has 1 N–H and O–H groups in total. The average molecular weight is 246 g/mol. The van der Waals surface area contributed by atoms with E-state index in [1.54, 1.807) is 25.3 Å². The number of aldehydes is 1. The maximum absolute atomic E-state index is 11.1. The van der Waals surface area contributed by atoms with Crippen molar-refractivity contribution in [2.45, 2.75) is 0 Å². The second kappa shape index (κ2) is 5.51.